The van der Waals surface area contributed by atoms with Crippen LogP contribution >= 0.6 is 11.8 Å². The molecule has 0 radical (unpaired) electrons. The largest absolute Gasteiger partial charge is 0.509 e. The zero-order chi connectivity index (χ0) is 17.0. The number of hydrogen-bond acceptors (Lipinski definition) is 3. The van der Waals surface area contributed by atoms with E-state index in [1.54, 1.807) is 0 Å². The average molecular weight is 346 g/mol. The first kappa shape index (κ1) is 17.5. The summed E-state index contributed by atoms with van der Waals surface area (Å²) in [5.41, 5.74) is 0.372. The summed E-state index contributed by atoms with van der Waals surface area (Å²) in [6, 6.07) is 5.43. The Kier molecular flexibility index (Phi) is 5.41. The highest BCUT2D eigenvalue weighted by molar-refractivity contribution is 8.03. The van der Waals surface area contributed by atoms with E-state index in [0.29, 0.717) is 5.56 Å². The molecule has 2 rings (SSSR count). The van der Waals surface area contributed by atoms with Gasteiger partial charge in [-0.15, -0.1) is 11.8 Å². The molecule has 23 heavy (non-hydrogen) atoms. The Hall–Kier alpha value is -1.89. The van der Waals surface area contributed by atoms with E-state index < -0.39 is 29.4 Å². The molecule has 1 atom stereocenters. The van der Waals surface area contributed by atoms with Gasteiger partial charge in [0.1, 0.15) is 11.5 Å². The standard InChI is InChI=1S/C16H14F4O2S/c17-13-8-12(2-1-3-14(13)22)23-15(9-16(18,19)20)10-4-6-11(21)7-5-10/h1-2,4-8,15,21-22H,3,9H2. The zero-order valence-electron chi connectivity index (χ0n) is 11.8. The van der Waals surface area contributed by atoms with Gasteiger partial charge in [-0.3, -0.25) is 0 Å². The number of thioether (sulfide) groups is 1. The number of phenolic OH excluding ortho intramolecular Hbond substituents is 1. The van der Waals surface area contributed by atoms with Crippen LogP contribution in [0.1, 0.15) is 23.7 Å². The number of aliphatic hydroxyl groups is 1. The van der Waals surface area contributed by atoms with Crippen LogP contribution < -0.4 is 0 Å². The van der Waals surface area contributed by atoms with E-state index >= 15 is 0 Å². The maximum absolute atomic E-state index is 13.6. The third-order valence-corrected chi connectivity index (χ3v) is 4.35. The average Bonchev–Trinajstić information content (AvgIpc) is 2.60. The van der Waals surface area contributed by atoms with Crippen LogP contribution in [0.5, 0.6) is 5.75 Å². The summed E-state index contributed by atoms with van der Waals surface area (Å²) in [5, 5.41) is 17.6. The molecule has 0 fully saturated rings. The predicted octanol–water partition coefficient (Wildman–Crippen LogP) is 5.70. The molecule has 1 aromatic carbocycles. The van der Waals surface area contributed by atoms with Gasteiger partial charge in [0.05, 0.1) is 6.42 Å². The van der Waals surface area contributed by atoms with Gasteiger partial charge in [0, 0.05) is 16.6 Å². The fourth-order valence-electron chi connectivity index (χ4n) is 2.00. The van der Waals surface area contributed by atoms with E-state index in [9.17, 15) is 27.8 Å². The van der Waals surface area contributed by atoms with Crippen LogP contribution in [0.3, 0.4) is 0 Å². The monoisotopic (exact) mass is 346 g/mol. The van der Waals surface area contributed by atoms with E-state index in [-0.39, 0.29) is 17.1 Å². The molecule has 0 saturated heterocycles. The molecule has 124 valence electrons. The Labute approximate surface area is 134 Å². The van der Waals surface area contributed by atoms with Gasteiger partial charge in [-0.2, -0.15) is 13.2 Å². The van der Waals surface area contributed by atoms with Crippen molar-refractivity contribution in [2.75, 3.05) is 0 Å². The molecule has 0 amide bonds. The lowest BCUT2D eigenvalue weighted by Crippen LogP contribution is -2.12. The predicted molar refractivity (Wildman–Crippen MR) is 81.7 cm³/mol. The van der Waals surface area contributed by atoms with Crippen molar-refractivity contribution in [3.8, 4) is 5.75 Å². The summed E-state index contributed by atoms with van der Waals surface area (Å²) in [4.78, 5) is 0.286. The third-order valence-electron chi connectivity index (χ3n) is 3.10. The van der Waals surface area contributed by atoms with Gasteiger partial charge in [0.2, 0.25) is 0 Å². The molecule has 2 N–H and O–H groups in total. The number of rotatable bonds is 4. The SMILES string of the molecule is OC1=C(F)C=C(SC(CC(F)(F)F)c2ccc(O)cc2)C=CC1. The summed E-state index contributed by atoms with van der Waals surface area (Å²) >= 11 is 0.858. The van der Waals surface area contributed by atoms with Gasteiger partial charge in [-0.1, -0.05) is 24.3 Å². The van der Waals surface area contributed by atoms with E-state index in [4.69, 9.17) is 0 Å². The summed E-state index contributed by atoms with van der Waals surface area (Å²) in [5.74, 6) is -1.35. The summed E-state index contributed by atoms with van der Waals surface area (Å²) in [7, 11) is 0. The lowest BCUT2D eigenvalue weighted by molar-refractivity contribution is -0.134. The van der Waals surface area contributed by atoms with Crippen LogP contribution in [-0.4, -0.2) is 16.4 Å². The molecule has 1 aliphatic rings. The maximum Gasteiger partial charge on any atom is 0.390 e. The number of phenols is 1. The Balaban J connectivity index is 2.28. The van der Waals surface area contributed by atoms with Crippen LogP contribution in [0.2, 0.25) is 0 Å². The van der Waals surface area contributed by atoms with E-state index in [0.717, 1.165) is 17.8 Å². The number of hydrogen-bond donors (Lipinski definition) is 2. The van der Waals surface area contributed by atoms with Gasteiger partial charge in [0.15, 0.2) is 5.83 Å². The maximum atomic E-state index is 13.6. The summed E-state index contributed by atoms with van der Waals surface area (Å²) < 4.78 is 52.0. The van der Waals surface area contributed by atoms with Crippen molar-refractivity contribution in [1.82, 2.24) is 0 Å². The molecule has 0 saturated carbocycles. The fourth-order valence-corrected chi connectivity index (χ4v) is 3.25. The smallest absolute Gasteiger partial charge is 0.390 e. The molecule has 7 heteroatoms. The molecule has 1 unspecified atom stereocenters. The van der Waals surface area contributed by atoms with Crippen LogP contribution in [0, 0.1) is 0 Å². The second-order valence-corrected chi connectivity index (χ2v) is 6.24. The Morgan fingerprint density at radius 1 is 1.13 bits per heavy atom. The van der Waals surface area contributed by atoms with Gasteiger partial charge in [-0.05, 0) is 23.8 Å². The van der Waals surface area contributed by atoms with Crippen molar-refractivity contribution in [2.24, 2.45) is 0 Å². The second-order valence-electron chi connectivity index (χ2n) is 4.97. The zero-order valence-corrected chi connectivity index (χ0v) is 12.7. The van der Waals surface area contributed by atoms with Crippen molar-refractivity contribution < 1.29 is 27.8 Å². The topological polar surface area (TPSA) is 40.5 Å². The lowest BCUT2D eigenvalue weighted by Gasteiger charge is -2.19. The summed E-state index contributed by atoms with van der Waals surface area (Å²) in [6.45, 7) is 0. The first-order valence-corrected chi connectivity index (χ1v) is 7.61. The molecular formula is C16H14F4O2S. The lowest BCUT2D eigenvalue weighted by atomic mass is 10.1. The number of allylic oxidation sites excluding steroid dienone is 4. The third kappa shape index (κ3) is 5.35. The minimum absolute atomic E-state index is 0.00442. The number of halogens is 4. The van der Waals surface area contributed by atoms with Crippen LogP contribution in [0.25, 0.3) is 0 Å². The van der Waals surface area contributed by atoms with E-state index in [2.05, 4.69) is 0 Å². The quantitative estimate of drug-likeness (QED) is 0.687. The Morgan fingerprint density at radius 3 is 2.39 bits per heavy atom. The molecular weight excluding hydrogens is 332 g/mol. The van der Waals surface area contributed by atoms with Crippen LogP contribution in [0.15, 0.2) is 59.0 Å². The Bertz CT molecular complexity index is 645. The molecule has 1 aromatic rings. The highest BCUT2D eigenvalue weighted by atomic mass is 32.2. The molecule has 0 heterocycles. The van der Waals surface area contributed by atoms with Crippen LogP contribution in [-0.2, 0) is 0 Å². The number of benzene rings is 1. The van der Waals surface area contributed by atoms with Gasteiger partial charge >= 0.3 is 6.18 Å². The number of alkyl halides is 3. The van der Waals surface area contributed by atoms with Crippen molar-refractivity contribution in [2.45, 2.75) is 24.3 Å². The first-order chi connectivity index (χ1) is 10.7. The van der Waals surface area contributed by atoms with Crippen molar-refractivity contribution >= 4 is 11.8 Å². The van der Waals surface area contributed by atoms with Gasteiger partial charge < -0.3 is 10.2 Å². The minimum atomic E-state index is -4.39. The Morgan fingerprint density at radius 2 is 1.78 bits per heavy atom. The normalized spacial score (nSPS) is 17.0. The van der Waals surface area contributed by atoms with Crippen molar-refractivity contribution in [3.63, 3.8) is 0 Å². The highest BCUT2D eigenvalue weighted by Gasteiger charge is 2.33. The van der Waals surface area contributed by atoms with Crippen LogP contribution in [0.4, 0.5) is 17.6 Å². The first-order valence-electron chi connectivity index (χ1n) is 6.73. The van der Waals surface area contributed by atoms with E-state index in [1.807, 2.05) is 0 Å². The highest BCUT2D eigenvalue weighted by Crippen LogP contribution is 2.44. The van der Waals surface area contributed by atoms with E-state index in [1.165, 1.54) is 36.4 Å². The minimum Gasteiger partial charge on any atom is -0.509 e. The number of aliphatic hydroxyl groups excluding tert-OH is 1. The molecule has 2 nitrogen and oxygen atoms in total. The molecule has 1 aliphatic carbocycles. The van der Waals surface area contributed by atoms with Gasteiger partial charge in [0.25, 0.3) is 0 Å². The summed E-state index contributed by atoms with van der Waals surface area (Å²) in [6.07, 6.45) is -1.49. The molecule has 0 aliphatic heterocycles. The second kappa shape index (κ2) is 7.12. The van der Waals surface area contributed by atoms with Gasteiger partial charge in [-0.25, -0.2) is 4.39 Å². The molecule has 0 aromatic heterocycles. The molecule has 0 spiro atoms. The number of aromatic hydroxyl groups is 1. The van der Waals surface area contributed by atoms with Crippen molar-refractivity contribution in [1.29, 1.82) is 0 Å². The molecule has 0 bridgehead atoms. The fraction of sp³-hybridized carbons (Fsp3) is 0.250. The van der Waals surface area contributed by atoms with Crippen molar-refractivity contribution in [3.05, 3.63) is 64.5 Å².